The van der Waals surface area contributed by atoms with Gasteiger partial charge in [0.05, 0.1) is 12.2 Å². The van der Waals surface area contributed by atoms with Gasteiger partial charge in [0, 0.05) is 23.0 Å². The Morgan fingerprint density at radius 3 is 2.72 bits per heavy atom. The third kappa shape index (κ3) is 4.75. The molecule has 1 heterocycles. The number of rotatable bonds is 7. The number of aryl methyl sites for hydroxylation is 1. The van der Waals surface area contributed by atoms with Gasteiger partial charge in [-0.15, -0.1) is 5.10 Å². The standard InChI is InChI=1S/C20H21N7O2/c1-13-9-16(7-8-18(13)27-12-22-25-26-27)21-11-19(28)23-17-4-2-3-14(10-17)20(29)24-15-5-6-15/h2-4,7-10,12,15,21H,5-6,11H2,1H3,(H,23,28)(H,24,29). The molecule has 4 rings (SSSR count). The van der Waals surface area contributed by atoms with Gasteiger partial charge in [-0.05, 0) is 72.2 Å². The highest BCUT2D eigenvalue weighted by atomic mass is 16.2. The third-order valence-electron chi connectivity index (χ3n) is 4.57. The van der Waals surface area contributed by atoms with E-state index in [1.165, 1.54) is 6.33 Å². The van der Waals surface area contributed by atoms with E-state index in [1.54, 1.807) is 28.9 Å². The number of hydrogen-bond donors (Lipinski definition) is 3. The van der Waals surface area contributed by atoms with Crippen LogP contribution in [0.2, 0.25) is 0 Å². The van der Waals surface area contributed by atoms with E-state index in [4.69, 9.17) is 0 Å². The second-order valence-corrected chi connectivity index (χ2v) is 6.99. The lowest BCUT2D eigenvalue weighted by molar-refractivity contribution is -0.114. The molecule has 1 saturated carbocycles. The first-order valence-electron chi connectivity index (χ1n) is 9.37. The van der Waals surface area contributed by atoms with Crippen molar-refractivity contribution in [1.82, 2.24) is 25.5 Å². The van der Waals surface area contributed by atoms with Crippen LogP contribution in [0, 0.1) is 6.92 Å². The molecular weight excluding hydrogens is 370 g/mol. The second-order valence-electron chi connectivity index (χ2n) is 6.99. The molecule has 1 aliphatic rings. The van der Waals surface area contributed by atoms with Gasteiger partial charge in [-0.1, -0.05) is 6.07 Å². The van der Waals surface area contributed by atoms with Gasteiger partial charge in [0.2, 0.25) is 5.91 Å². The van der Waals surface area contributed by atoms with Gasteiger partial charge in [0.15, 0.2) is 0 Å². The van der Waals surface area contributed by atoms with Crippen LogP contribution in [0.25, 0.3) is 5.69 Å². The SMILES string of the molecule is Cc1cc(NCC(=O)Nc2cccc(C(=O)NC3CC3)c2)ccc1-n1cnnn1. The highest BCUT2D eigenvalue weighted by molar-refractivity contribution is 5.98. The Bertz CT molecular complexity index is 1030. The first-order chi connectivity index (χ1) is 14.1. The fraction of sp³-hybridized carbons (Fsp3) is 0.250. The van der Waals surface area contributed by atoms with Crippen LogP contribution in [-0.4, -0.2) is 44.6 Å². The summed E-state index contributed by atoms with van der Waals surface area (Å²) in [5.41, 5.74) is 3.78. The van der Waals surface area contributed by atoms with Gasteiger partial charge in [0.1, 0.15) is 6.33 Å². The van der Waals surface area contributed by atoms with Crippen LogP contribution >= 0.6 is 0 Å². The molecule has 29 heavy (non-hydrogen) atoms. The minimum atomic E-state index is -0.202. The van der Waals surface area contributed by atoms with Crippen molar-refractivity contribution in [3.63, 3.8) is 0 Å². The number of carbonyl (C=O) groups is 2. The maximum atomic E-state index is 12.3. The Morgan fingerprint density at radius 1 is 1.14 bits per heavy atom. The van der Waals surface area contributed by atoms with Gasteiger partial charge >= 0.3 is 0 Å². The second kappa shape index (κ2) is 8.09. The van der Waals surface area contributed by atoms with Crippen LogP contribution in [0.5, 0.6) is 0 Å². The van der Waals surface area contributed by atoms with E-state index in [0.717, 1.165) is 29.8 Å². The van der Waals surface area contributed by atoms with E-state index in [-0.39, 0.29) is 18.4 Å². The summed E-state index contributed by atoms with van der Waals surface area (Å²) < 4.78 is 1.58. The summed E-state index contributed by atoms with van der Waals surface area (Å²) >= 11 is 0. The van der Waals surface area contributed by atoms with E-state index < -0.39 is 0 Å². The summed E-state index contributed by atoms with van der Waals surface area (Å²) in [6, 6.07) is 12.9. The Morgan fingerprint density at radius 2 is 2.00 bits per heavy atom. The van der Waals surface area contributed by atoms with Crippen LogP contribution in [0.3, 0.4) is 0 Å². The summed E-state index contributed by atoms with van der Waals surface area (Å²) in [5.74, 6) is -0.313. The summed E-state index contributed by atoms with van der Waals surface area (Å²) in [5, 5.41) is 20.0. The van der Waals surface area contributed by atoms with E-state index in [9.17, 15) is 9.59 Å². The number of nitrogens with zero attached hydrogens (tertiary/aromatic N) is 4. The lowest BCUT2D eigenvalue weighted by atomic mass is 10.1. The highest BCUT2D eigenvalue weighted by Gasteiger charge is 2.23. The summed E-state index contributed by atoms with van der Waals surface area (Å²) in [6.07, 6.45) is 3.59. The van der Waals surface area contributed by atoms with E-state index in [2.05, 4.69) is 31.5 Å². The van der Waals surface area contributed by atoms with E-state index >= 15 is 0 Å². The topological polar surface area (TPSA) is 114 Å². The Hall–Kier alpha value is -3.75. The van der Waals surface area contributed by atoms with Gasteiger partial charge in [-0.25, -0.2) is 4.68 Å². The van der Waals surface area contributed by atoms with Crippen LogP contribution in [0.4, 0.5) is 11.4 Å². The number of nitrogens with one attached hydrogen (secondary N) is 3. The molecule has 0 bridgehead atoms. The number of anilines is 2. The smallest absolute Gasteiger partial charge is 0.251 e. The molecule has 0 spiro atoms. The van der Waals surface area contributed by atoms with Crippen LogP contribution in [0.1, 0.15) is 28.8 Å². The number of carbonyl (C=O) groups excluding carboxylic acids is 2. The van der Waals surface area contributed by atoms with E-state index in [0.29, 0.717) is 17.3 Å². The normalized spacial score (nSPS) is 13.0. The van der Waals surface area contributed by atoms with Crippen molar-refractivity contribution in [2.24, 2.45) is 0 Å². The average molecular weight is 391 g/mol. The van der Waals surface area contributed by atoms with Crippen molar-refractivity contribution in [3.05, 3.63) is 59.9 Å². The average Bonchev–Trinajstić information content (AvgIpc) is 3.36. The molecule has 1 fully saturated rings. The molecule has 3 aromatic rings. The molecule has 1 aliphatic carbocycles. The molecule has 0 atom stereocenters. The molecule has 0 radical (unpaired) electrons. The first kappa shape index (κ1) is 18.6. The lowest BCUT2D eigenvalue weighted by Gasteiger charge is -2.11. The van der Waals surface area contributed by atoms with Gasteiger partial charge < -0.3 is 16.0 Å². The number of benzene rings is 2. The number of aromatic nitrogens is 4. The van der Waals surface area contributed by atoms with Gasteiger partial charge in [-0.2, -0.15) is 0 Å². The van der Waals surface area contributed by atoms with E-state index in [1.807, 2.05) is 25.1 Å². The maximum Gasteiger partial charge on any atom is 0.251 e. The largest absolute Gasteiger partial charge is 0.376 e. The van der Waals surface area contributed by atoms with Crippen molar-refractivity contribution in [3.8, 4) is 5.69 Å². The Balaban J connectivity index is 1.33. The number of hydrogen-bond acceptors (Lipinski definition) is 6. The van der Waals surface area contributed by atoms with Crippen LogP contribution in [0.15, 0.2) is 48.8 Å². The fourth-order valence-corrected chi connectivity index (χ4v) is 2.92. The zero-order valence-electron chi connectivity index (χ0n) is 15.9. The molecule has 2 aromatic carbocycles. The molecule has 0 saturated heterocycles. The zero-order chi connectivity index (χ0) is 20.2. The molecule has 148 valence electrons. The Kier molecular flexibility index (Phi) is 5.19. The third-order valence-corrected chi connectivity index (χ3v) is 4.57. The predicted molar refractivity (Wildman–Crippen MR) is 108 cm³/mol. The molecule has 1 aromatic heterocycles. The quantitative estimate of drug-likeness (QED) is 0.567. The zero-order valence-corrected chi connectivity index (χ0v) is 15.9. The van der Waals surface area contributed by atoms with Crippen molar-refractivity contribution < 1.29 is 9.59 Å². The minimum absolute atomic E-state index is 0.0994. The number of tetrazole rings is 1. The summed E-state index contributed by atoms with van der Waals surface area (Å²) in [6.45, 7) is 2.04. The maximum absolute atomic E-state index is 12.3. The molecule has 2 amide bonds. The summed E-state index contributed by atoms with van der Waals surface area (Å²) in [4.78, 5) is 24.4. The van der Waals surface area contributed by atoms with Crippen molar-refractivity contribution in [2.75, 3.05) is 17.2 Å². The van der Waals surface area contributed by atoms with Crippen molar-refractivity contribution in [1.29, 1.82) is 0 Å². The minimum Gasteiger partial charge on any atom is -0.376 e. The first-order valence-corrected chi connectivity index (χ1v) is 9.37. The molecule has 0 unspecified atom stereocenters. The van der Waals surface area contributed by atoms with Crippen LogP contribution < -0.4 is 16.0 Å². The number of amides is 2. The molecule has 9 heteroatoms. The summed E-state index contributed by atoms with van der Waals surface area (Å²) in [7, 11) is 0. The molecular formula is C20H21N7O2. The van der Waals surface area contributed by atoms with Crippen molar-refractivity contribution >= 4 is 23.2 Å². The van der Waals surface area contributed by atoms with Gasteiger partial charge in [0.25, 0.3) is 5.91 Å². The van der Waals surface area contributed by atoms with Gasteiger partial charge in [-0.3, -0.25) is 9.59 Å². The Labute approximate surface area is 167 Å². The molecule has 9 nitrogen and oxygen atoms in total. The fourth-order valence-electron chi connectivity index (χ4n) is 2.92. The van der Waals surface area contributed by atoms with Crippen LogP contribution in [-0.2, 0) is 4.79 Å². The monoisotopic (exact) mass is 391 g/mol. The highest BCUT2D eigenvalue weighted by Crippen LogP contribution is 2.20. The van der Waals surface area contributed by atoms with Crippen molar-refractivity contribution in [2.45, 2.75) is 25.8 Å². The molecule has 3 N–H and O–H groups in total. The predicted octanol–water partition coefficient (Wildman–Crippen LogP) is 1.91. The lowest BCUT2D eigenvalue weighted by Crippen LogP contribution is -2.26. The molecule has 0 aliphatic heterocycles.